The fraction of sp³-hybridized carbons (Fsp3) is 0.418. The summed E-state index contributed by atoms with van der Waals surface area (Å²) >= 11 is 2.25. The van der Waals surface area contributed by atoms with E-state index in [4.69, 9.17) is 29.8 Å². The second-order valence-corrected chi connectivity index (χ2v) is 21.0. The molecule has 0 aliphatic carbocycles. The predicted molar refractivity (Wildman–Crippen MR) is 282 cm³/mol. The van der Waals surface area contributed by atoms with Crippen LogP contribution in [-0.2, 0) is 20.9 Å². The summed E-state index contributed by atoms with van der Waals surface area (Å²) < 4.78 is 103. The van der Waals surface area contributed by atoms with Crippen molar-refractivity contribution in [1.82, 2.24) is 25.1 Å². The number of aliphatic hydroxyl groups is 2. The van der Waals surface area contributed by atoms with Crippen molar-refractivity contribution < 1.29 is 70.2 Å². The molecule has 4 aromatic carbocycles. The van der Waals surface area contributed by atoms with Gasteiger partial charge < -0.3 is 55.1 Å². The molecule has 78 heavy (non-hydrogen) atoms. The molecular formula is C55H62F6N6O9S2. The van der Waals surface area contributed by atoms with Crippen LogP contribution in [-0.4, -0.2) is 125 Å². The largest absolute Gasteiger partial charge is 0.486 e. The number of nitrogens with zero attached hydrogens (tertiary/aromatic N) is 4. The summed E-state index contributed by atoms with van der Waals surface area (Å²) in [6, 6.07) is 15.7. The topological polar surface area (TPSA) is 202 Å². The van der Waals surface area contributed by atoms with Crippen molar-refractivity contribution in [3.05, 3.63) is 129 Å². The number of carbonyl (C=O) groups excluding carboxylic acids is 1. The highest BCUT2D eigenvalue weighted by atomic mass is 32.1. The molecular weight excluding hydrogens is 1070 g/mol. The molecule has 15 nitrogen and oxygen atoms in total. The maximum Gasteiger partial charge on any atom is 0.385 e. The van der Waals surface area contributed by atoms with Crippen LogP contribution in [0.5, 0.6) is 23.0 Å². The predicted octanol–water partition coefficient (Wildman–Crippen LogP) is 9.27. The minimum absolute atomic E-state index is 0. The van der Waals surface area contributed by atoms with E-state index in [0.29, 0.717) is 66.1 Å². The molecule has 0 unspecified atom stereocenters. The van der Waals surface area contributed by atoms with E-state index in [1.165, 1.54) is 72.7 Å². The van der Waals surface area contributed by atoms with Gasteiger partial charge in [-0.1, -0.05) is 7.43 Å². The average molecular weight is 1130 g/mol. The number of carboxylic acids is 1. The zero-order chi connectivity index (χ0) is 55.0. The maximum atomic E-state index is 14.8. The second kappa shape index (κ2) is 26.1. The number of hydrogen-bond donors (Lipinski definition) is 5. The lowest BCUT2D eigenvalue weighted by Crippen LogP contribution is -2.51. The summed E-state index contributed by atoms with van der Waals surface area (Å²) in [7, 11) is 0. The highest BCUT2D eigenvalue weighted by Crippen LogP contribution is 2.39. The highest BCUT2D eigenvalue weighted by Gasteiger charge is 2.44. The van der Waals surface area contributed by atoms with Gasteiger partial charge in [0.2, 0.25) is 5.91 Å². The molecule has 6 N–H and O–H groups in total. The van der Waals surface area contributed by atoms with E-state index >= 15 is 0 Å². The van der Waals surface area contributed by atoms with E-state index in [9.17, 15) is 46.1 Å². The monoisotopic (exact) mass is 1130 g/mol. The zero-order valence-corrected chi connectivity index (χ0v) is 43.7. The third kappa shape index (κ3) is 14.3. The van der Waals surface area contributed by atoms with Gasteiger partial charge in [-0.2, -0.15) is 8.78 Å². The Balaban J connectivity index is 0.000000186. The van der Waals surface area contributed by atoms with Crippen LogP contribution in [0.2, 0.25) is 0 Å². The highest BCUT2D eigenvalue weighted by molar-refractivity contribution is 7.13. The lowest BCUT2D eigenvalue weighted by Gasteiger charge is -2.32. The van der Waals surface area contributed by atoms with Gasteiger partial charge in [0, 0.05) is 41.0 Å². The molecule has 0 radical (unpaired) electrons. The van der Waals surface area contributed by atoms with Crippen LogP contribution in [0.25, 0.3) is 21.1 Å². The minimum atomic E-state index is -4.02. The zero-order valence-electron chi connectivity index (χ0n) is 42.0. The maximum absolute atomic E-state index is 14.8. The van der Waals surface area contributed by atoms with E-state index in [0.717, 1.165) is 61.3 Å². The molecule has 2 aromatic heterocycles. The lowest BCUT2D eigenvalue weighted by atomic mass is 9.88. The normalized spacial score (nSPS) is 16.8. The van der Waals surface area contributed by atoms with Crippen molar-refractivity contribution in [3.63, 3.8) is 0 Å². The number of thiazole rings is 2. The Labute approximate surface area is 455 Å². The average Bonchev–Trinajstić information content (AvgIpc) is 4.32. The number of ether oxygens (including phenoxy) is 4. The van der Waals surface area contributed by atoms with E-state index in [1.807, 2.05) is 5.38 Å². The molecule has 2 saturated heterocycles. The smallest absolute Gasteiger partial charge is 0.385 e. The third-order valence-electron chi connectivity index (χ3n) is 13.3. The molecule has 2 fully saturated rings. The van der Waals surface area contributed by atoms with Crippen LogP contribution in [0.1, 0.15) is 81.7 Å². The van der Waals surface area contributed by atoms with Crippen molar-refractivity contribution in [2.75, 3.05) is 65.7 Å². The number of carboxylic acid groups (broad SMARTS) is 1. The second-order valence-electron chi connectivity index (χ2n) is 19.3. The number of rotatable bonds is 15. The van der Waals surface area contributed by atoms with E-state index < -0.39 is 64.7 Å². The molecule has 4 aliphatic rings. The summed E-state index contributed by atoms with van der Waals surface area (Å²) in [6.07, 6.45) is 2.34. The van der Waals surface area contributed by atoms with Crippen LogP contribution in [0.4, 0.5) is 26.3 Å². The van der Waals surface area contributed by atoms with Crippen molar-refractivity contribution in [3.8, 4) is 44.1 Å². The molecule has 1 amide bonds. The first-order chi connectivity index (χ1) is 36.8. The number of carbonyl (C=O) groups is 2. The SMILES string of the molecule is C.CC(C)(C(=O)N[C@H](CN1CCCC1)[C@H](O)c1cc(F)c2c(c1)OCCO2)c1csc(-c2ccc(F)cc2)n1.N[C@H](CN1CCCC1)[C@H](O)c1cc(F)c2c(c1)OCCO2.O=C(O)C(F)(F)c1csc(-c2ccc(F)cc2)n1. The van der Waals surface area contributed by atoms with E-state index in [-0.39, 0.29) is 48.0 Å². The number of nitrogens with one attached hydrogen (secondary N) is 1. The molecule has 23 heteroatoms. The number of amides is 1. The number of halogens is 6. The van der Waals surface area contributed by atoms with Gasteiger partial charge in [0.25, 0.3) is 0 Å². The molecule has 0 spiro atoms. The first-order valence-electron chi connectivity index (χ1n) is 24.9. The number of alkyl halides is 2. The Hall–Kier alpha value is -6.34. The fourth-order valence-electron chi connectivity index (χ4n) is 8.92. The van der Waals surface area contributed by atoms with Crippen molar-refractivity contribution >= 4 is 34.6 Å². The number of hydrogen-bond acceptors (Lipinski definition) is 15. The molecule has 4 atom stereocenters. The van der Waals surface area contributed by atoms with Crippen LogP contribution >= 0.6 is 22.7 Å². The van der Waals surface area contributed by atoms with Gasteiger partial charge in [0.1, 0.15) is 59.9 Å². The van der Waals surface area contributed by atoms with Crippen LogP contribution in [0.15, 0.2) is 83.6 Å². The Morgan fingerprint density at radius 2 is 1.09 bits per heavy atom. The number of aliphatic carboxylic acids is 1. The number of likely N-dealkylation sites (tertiary alicyclic amines) is 2. The summed E-state index contributed by atoms with van der Waals surface area (Å²) in [5.41, 5.74) is 6.76. The van der Waals surface area contributed by atoms with Gasteiger partial charge in [0.05, 0.1) is 23.3 Å². The number of benzene rings is 4. The Morgan fingerprint density at radius 3 is 1.56 bits per heavy atom. The molecule has 0 bridgehead atoms. The molecule has 10 rings (SSSR count). The van der Waals surface area contributed by atoms with Crippen LogP contribution in [0.3, 0.4) is 0 Å². The molecule has 420 valence electrons. The molecule has 6 aromatic rings. The molecule has 6 heterocycles. The van der Waals surface area contributed by atoms with Gasteiger partial charge in [-0.3, -0.25) is 4.79 Å². The minimum Gasteiger partial charge on any atom is -0.486 e. The summed E-state index contributed by atoms with van der Waals surface area (Å²) in [5.74, 6) is -7.76. The summed E-state index contributed by atoms with van der Waals surface area (Å²) in [4.78, 5) is 36.6. The Bertz CT molecular complexity index is 2970. The Morgan fingerprint density at radius 1 is 0.667 bits per heavy atom. The van der Waals surface area contributed by atoms with Crippen molar-refractivity contribution in [1.29, 1.82) is 0 Å². The van der Waals surface area contributed by atoms with Gasteiger partial charge in [0.15, 0.2) is 34.6 Å². The van der Waals surface area contributed by atoms with Gasteiger partial charge in [-0.15, -0.1) is 22.7 Å². The van der Waals surface area contributed by atoms with Gasteiger partial charge in [-0.05, 0) is 150 Å². The first-order valence-corrected chi connectivity index (χ1v) is 26.6. The quantitative estimate of drug-likeness (QED) is 0.0609. The number of fused-ring (bicyclic) bond motifs is 2. The summed E-state index contributed by atoms with van der Waals surface area (Å²) in [5, 5.41) is 36.8. The van der Waals surface area contributed by atoms with Gasteiger partial charge >= 0.3 is 11.9 Å². The molecule has 0 saturated carbocycles. The van der Waals surface area contributed by atoms with Crippen LogP contribution in [0, 0.1) is 23.3 Å². The van der Waals surface area contributed by atoms with Crippen LogP contribution < -0.4 is 30.0 Å². The van der Waals surface area contributed by atoms with Crippen molar-refractivity contribution in [2.45, 2.75) is 82.6 Å². The van der Waals surface area contributed by atoms with E-state index in [2.05, 4.69) is 25.1 Å². The fourth-order valence-corrected chi connectivity index (χ4v) is 10.8. The number of nitrogens with two attached hydrogens (primary N) is 1. The third-order valence-corrected chi connectivity index (χ3v) is 15.1. The van der Waals surface area contributed by atoms with Gasteiger partial charge in [-0.25, -0.2) is 32.3 Å². The number of aliphatic hydroxyl groups excluding tert-OH is 2. The van der Waals surface area contributed by atoms with E-state index in [1.54, 1.807) is 38.1 Å². The molecule has 4 aliphatic heterocycles. The number of aromatic nitrogens is 2. The Kier molecular flexibility index (Phi) is 19.8. The van der Waals surface area contributed by atoms with Crippen molar-refractivity contribution in [2.24, 2.45) is 5.73 Å². The lowest BCUT2D eigenvalue weighted by molar-refractivity contribution is -0.166. The standard InChI is InChI=1S/C28H31F2N3O4S.C15H21FN2O3.C11H6F3NO2S.CH4/c1-28(2,23-16-38-26(32-23)17-5-7-19(29)8-6-17)27(35)31-21(15-33-9-3-4-10-33)24(34)18-13-20(30)25-22(14-18)36-11-12-37-25;16-11-7-10(8-13-15(11)21-6-5-20-13)14(19)12(17)9-18-3-1-2-4-18;12-7-3-1-6(2-4-7)9-15-8(5-18-9)11(13,14)10(16)17;/h5-8,13-14,16,21,24,34H,3-4,9-12,15H2,1-2H3,(H,31,35);7-8,12,14,19H,1-6,9,17H2;1-5H,(H,16,17);1H4/t21-,24-;12-,14-;;/m11../s1. The summed E-state index contributed by atoms with van der Waals surface area (Å²) in [6.45, 7) is 9.59. The first kappa shape index (κ1) is 59.3.